The van der Waals surface area contributed by atoms with Crippen LogP contribution in [0.5, 0.6) is 5.75 Å². The maximum Gasteiger partial charge on any atom is 0.235 e. The maximum absolute atomic E-state index is 12.4. The molecule has 0 bridgehead atoms. The van der Waals surface area contributed by atoms with Crippen molar-refractivity contribution in [2.75, 3.05) is 11.1 Å². The maximum atomic E-state index is 12.4. The van der Waals surface area contributed by atoms with E-state index in [1.807, 2.05) is 47.0 Å². The van der Waals surface area contributed by atoms with Crippen LogP contribution in [0.2, 0.25) is 5.02 Å². The summed E-state index contributed by atoms with van der Waals surface area (Å²) in [5, 5.41) is 23.8. The number of benzene rings is 2. The minimum Gasteiger partial charge on any atom is -0.484 e. The van der Waals surface area contributed by atoms with Gasteiger partial charge in [-0.15, -0.1) is 21.5 Å². The van der Waals surface area contributed by atoms with E-state index in [9.17, 15) is 4.79 Å². The number of ether oxygens (including phenoxy) is 1. The molecule has 2 aromatic carbocycles. The molecule has 160 valence electrons. The highest BCUT2D eigenvalue weighted by Crippen LogP contribution is 2.27. The van der Waals surface area contributed by atoms with Crippen LogP contribution in [0.3, 0.4) is 0 Å². The van der Waals surface area contributed by atoms with Crippen LogP contribution in [-0.4, -0.2) is 26.4 Å². The van der Waals surface area contributed by atoms with E-state index in [1.54, 1.807) is 23.6 Å². The van der Waals surface area contributed by atoms with Crippen LogP contribution in [0, 0.1) is 11.3 Å². The van der Waals surface area contributed by atoms with Crippen molar-refractivity contribution in [2.45, 2.75) is 11.8 Å². The van der Waals surface area contributed by atoms with E-state index in [2.05, 4.69) is 21.6 Å². The summed E-state index contributed by atoms with van der Waals surface area (Å²) in [6, 6.07) is 20.5. The zero-order valence-electron chi connectivity index (χ0n) is 16.6. The smallest absolute Gasteiger partial charge is 0.235 e. The molecule has 1 amide bonds. The topological polar surface area (TPSA) is 92.8 Å². The number of amides is 1. The predicted molar refractivity (Wildman–Crippen MR) is 126 cm³/mol. The lowest BCUT2D eigenvalue weighted by Crippen LogP contribution is -2.14. The summed E-state index contributed by atoms with van der Waals surface area (Å²) in [6.07, 6.45) is 0. The summed E-state index contributed by atoms with van der Waals surface area (Å²) in [5.74, 6) is 1.00. The Morgan fingerprint density at radius 1 is 1.16 bits per heavy atom. The second kappa shape index (κ2) is 10.3. The van der Waals surface area contributed by atoms with Gasteiger partial charge < -0.3 is 10.1 Å². The van der Waals surface area contributed by atoms with Gasteiger partial charge in [0.1, 0.15) is 23.4 Å². The average Bonchev–Trinajstić information content (AvgIpc) is 3.44. The molecule has 4 aromatic rings. The van der Waals surface area contributed by atoms with Gasteiger partial charge in [0.05, 0.1) is 16.3 Å². The zero-order valence-corrected chi connectivity index (χ0v) is 19.0. The van der Waals surface area contributed by atoms with Gasteiger partial charge in [-0.1, -0.05) is 53.7 Å². The number of hydrogen-bond acceptors (Lipinski definition) is 7. The third kappa shape index (κ3) is 5.11. The third-order valence-electron chi connectivity index (χ3n) is 4.28. The van der Waals surface area contributed by atoms with Crippen LogP contribution in [-0.2, 0) is 11.4 Å². The number of thiophene rings is 1. The van der Waals surface area contributed by atoms with Crippen LogP contribution in [0.1, 0.15) is 11.4 Å². The Balaban J connectivity index is 1.51. The third-order valence-corrected chi connectivity index (χ3v) is 6.35. The van der Waals surface area contributed by atoms with Crippen LogP contribution in [0.15, 0.2) is 71.2 Å². The molecule has 2 aromatic heterocycles. The molecular formula is C22H16ClN5O2S2. The van der Waals surface area contributed by atoms with E-state index < -0.39 is 0 Å². The molecule has 0 fully saturated rings. The van der Waals surface area contributed by atoms with E-state index in [1.165, 1.54) is 23.1 Å². The van der Waals surface area contributed by atoms with Crippen LogP contribution >= 0.6 is 34.7 Å². The van der Waals surface area contributed by atoms with Crippen molar-refractivity contribution in [3.63, 3.8) is 0 Å². The minimum atomic E-state index is -0.231. The molecule has 7 nitrogen and oxygen atoms in total. The van der Waals surface area contributed by atoms with E-state index in [0.29, 0.717) is 32.3 Å². The molecule has 4 rings (SSSR count). The van der Waals surface area contributed by atoms with Gasteiger partial charge in [-0.3, -0.25) is 9.36 Å². The first-order valence-electron chi connectivity index (χ1n) is 9.43. The van der Waals surface area contributed by atoms with Crippen molar-refractivity contribution >= 4 is 45.6 Å². The van der Waals surface area contributed by atoms with Gasteiger partial charge >= 0.3 is 0 Å². The normalized spacial score (nSPS) is 10.5. The summed E-state index contributed by atoms with van der Waals surface area (Å²) in [7, 11) is 0. The zero-order chi connectivity index (χ0) is 22.3. The standard InChI is InChI=1S/C22H16ClN5O2S2/c23-17-8-4-5-9-18(17)30-13-19-26-27-22(28(19)16-6-2-1-3-7-16)32-14-20(29)25-21-15(12-24)10-11-31-21/h1-11H,13-14H2,(H,25,29). The fourth-order valence-electron chi connectivity index (χ4n) is 2.81. The summed E-state index contributed by atoms with van der Waals surface area (Å²) >= 11 is 8.74. The molecule has 32 heavy (non-hydrogen) atoms. The molecular weight excluding hydrogens is 466 g/mol. The second-order valence-corrected chi connectivity index (χ2v) is 8.67. The number of hydrogen-bond donors (Lipinski definition) is 1. The van der Waals surface area contributed by atoms with Crippen molar-refractivity contribution in [3.05, 3.63) is 82.5 Å². The lowest BCUT2D eigenvalue weighted by molar-refractivity contribution is -0.113. The summed E-state index contributed by atoms with van der Waals surface area (Å²) in [4.78, 5) is 12.4. The number of para-hydroxylation sites is 2. The average molecular weight is 482 g/mol. The van der Waals surface area contributed by atoms with E-state index in [-0.39, 0.29) is 18.3 Å². The summed E-state index contributed by atoms with van der Waals surface area (Å²) in [5.41, 5.74) is 1.29. The summed E-state index contributed by atoms with van der Waals surface area (Å²) < 4.78 is 7.69. The number of thioether (sulfide) groups is 1. The van der Waals surface area contributed by atoms with Gasteiger partial charge in [0.25, 0.3) is 0 Å². The first-order chi connectivity index (χ1) is 15.7. The number of carbonyl (C=O) groups excluding carboxylic acids is 1. The lowest BCUT2D eigenvalue weighted by Gasteiger charge is -2.11. The highest BCUT2D eigenvalue weighted by atomic mass is 35.5. The van der Waals surface area contributed by atoms with Crippen molar-refractivity contribution in [2.24, 2.45) is 0 Å². The molecule has 0 aliphatic carbocycles. The number of aromatic nitrogens is 3. The number of rotatable bonds is 8. The second-order valence-electron chi connectivity index (χ2n) is 6.40. The fraction of sp³-hybridized carbons (Fsp3) is 0.0909. The molecule has 0 saturated heterocycles. The van der Waals surface area contributed by atoms with Crippen molar-refractivity contribution in [3.8, 4) is 17.5 Å². The van der Waals surface area contributed by atoms with Crippen LogP contribution < -0.4 is 10.1 Å². The quantitative estimate of drug-likeness (QED) is 0.349. The minimum absolute atomic E-state index is 0.110. The largest absolute Gasteiger partial charge is 0.484 e. The number of anilines is 1. The number of nitrogens with zero attached hydrogens (tertiary/aromatic N) is 4. The molecule has 1 N–H and O–H groups in total. The van der Waals surface area contributed by atoms with Crippen molar-refractivity contribution in [1.29, 1.82) is 5.26 Å². The predicted octanol–water partition coefficient (Wildman–Crippen LogP) is 5.16. The number of carbonyl (C=O) groups is 1. The molecule has 0 saturated carbocycles. The number of nitrogens with one attached hydrogen (secondary N) is 1. The first kappa shape index (κ1) is 21.9. The Morgan fingerprint density at radius 3 is 2.72 bits per heavy atom. The SMILES string of the molecule is N#Cc1ccsc1NC(=O)CSc1nnc(COc2ccccc2Cl)n1-c1ccccc1. The van der Waals surface area contributed by atoms with Gasteiger partial charge in [0, 0.05) is 5.69 Å². The number of halogens is 1. The van der Waals surface area contributed by atoms with Crippen LogP contribution in [0.25, 0.3) is 5.69 Å². The molecule has 0 aliphatic rings. The highest BCUT2D eigenvalue weighted by Gasteiger charge is 2.17. The highest BCUT2D eigenvalue weighted by molar-refractivity contribution is 7.99. The van der Waals surface area contributed by atoms with E-state index in [0.717, 1.165) is 5.69 Å². The molecule has 10 heteroatoms. The number of nitriles is 1. The molecule has 0 aliphatic heterocycles. The molecule has 2 heterocycles. The van der Waals surface area contributed by atoms with Gasteiger partial charge in [0.2, 0.25) is 5.91 Å². The molecule has 0 radical (unpaired) electrons. The fourth-order valence-corrected chi connectivity index (χ4v) is 4.53. The summed E-state index contributed by atoms with van der Waals surface area (Å²) in [6.45, 7) is 0.152. The Bertz CT molecular complexity index is 1270. The Kier molecular flexibility index (Phi) is 7.07. The Morgan fingerprint density at radius 2 is 1.94 bits per heavy atom. The van der Waals surface area contributed by atoms with E-state index >= 15 is 0 Å². The molecule has 0 atom stereocenters. The lowest BCUT2D eigenvalue weighted by atomic mass is 10.3. The van der Waals surface area contributed by atoms with Gasteiger partial charge in [-0.05, 0) is 35.7 Å². The van der Waals surface area contributed by atoms with Crippen LogP contribution in [0.4, 0.5) is 5.00 Å². The monoisotopic (exact) mass is 481 g/mol. The van der Waals surface area contributed by atoms with E-state index in [4.69, 9.17) is 21.6 Å². The molecule has 0 unspecified atom stereocenters. The van der Waals surface area contributed by atoms with Gasteiger partial charge in [0.15, 0.2) is 11.0 Å². The van der Waals surface area contributed by atoms with Crippen molar-refractivity contribution < 1.29 is 9.53 Å². The van der Waals surface area contributed by atoms with Gasteiger partial charge in [-0.25, -0.2) is 0 Å². The van der Waals surface area contributed by atoms with Gasteiger partial charge in [-0.2, -0.15) is 5.26 Å². The Labute approximate surface area is 197 Å². The molecule has 0 spiro atoms. The Hall–Kier alpha value is -3.32. The van der Waals surface area contributed by atoms with Crippen molar-refractivity contribution in [1.82, 2.24) is 14.8 Å². The first-order valence-corrected chi connectivity index (χ1v) is 11.7.